The number of nitrogens with zero attached hydrogens (tertiary/aromatic N) is 5. The van der Waals surface area contributed by atoms with E-state index in [1.165, 1.54) is 17.0 Å². The van der Waals surface area contributed by atoms with Crippen molar-refractivity contribution < 1.29 is 4.79 Å². The molecule has 0 bridgehead atoms. The molecule has 3 heterocycles. The molecular formula is C23H25ClN6O2. The number of carbonyl (C=O) groups is 1. The van der Waals surface area contributed by atoms with Crippen molar-refractivity contribution in [2.45, 2.75) is 26.3 Å². The second-order valence-electron chi connectivity index (χ2n) is 7.90. The van der Waals surface area contributed by atoms with E-state index in [1.54, 1.807) is 6.92 Å². The highest BCUT2D eigenvalue weighted by molar-refractivity contribution is 6.30. The zero-order valence-corrected chi connectivity index (χ0v) is 18.6. The largest absolute Gasteiger partial charge is 0.355 e. The topological polar surface area (TPSA) is 93.0 Å². The molecule has 1 N–H and O–H groups in total. The van der Waals surface area contributed by atoms with E-state index in [2.05, 4.69) is 25.4 Å². The Morgan fingerprint density at radius 3 is 2.53 bits per heavy atom. The summed E-state index contributed by atoms with van der Waals surface area (Å²) in [5.74, 6) is 0.801. The fraction of sp³-hybridized carbons (Fsp3) is 0.348. The number of carbonyl (C=O) groups excluding carboxylic acids is 1. The van der Waals surface area contributed by atoms with Crippen LogP contribution in [0.2, 0.25) is 5.02 Å². The van der Waals surface area contributed by atoms with Gasteiger partial charge in [0.15, 0.2) is 5.82 Å². The first kappa shape index (κ1) is 22.0. The highest BCUT2D eigenvalue weighted by Crippen LogP contribution is 2.24. The van der Waals surface area contributed by atoms with Crippen molar-refractivity contribution in [3.05, 3.63) is 69.9 Å². The Hall–Kier alpha value is -3.26. The summed E-state index contributed by atoms with van der Waals surface area (Å²) in [6, 6.07) is 12.9. The van der Waals surface area contributed by atoms with Crippen molar-refractivity contribution >= 4 is 23.3 Å². The van der Waals surface area contributed by atoms with Crippen LogP contribution in [0, 0.1) is 12.8 Å². The summed E-state index contributed by atoms with van der Waals surface area (Å²) in [6.07, 6.45) is 3.01. The molecule has 1 fully saturated rings. The van der Waals surface area contributed by atoms with Crippen molar-refractivity contribution in [1.29, 1.82) is 0 Å². The van der Waals surface area contributed by atoms with Gasteiger partial charge >= 0.3 is 0 Å². The van der Waals surface area contributed by atoms with Crippen LogP contribution in [-0.2, 0) is 11.3 Å². The third-order valence-electron chi connectivity index (χ3n) is 5.65. The van der Waals surface area contributed by atoms with Crippen LogP contribution < -0.4 is 15.8 Å². The van der Waals surface area contributed by atoms with Crippen LogP contribution in [0.15, 0.2) is 53.6 Å². The van der Waals surface area contributed by atoms with Crippen LogP contribution in [-0.4, -0.2) is 45.3 Å². The Morgan fingerprint density at radius 2 is 1.88 bits per heavy atom. The van der Waals surface area contributed by atoms with Gasteiger partial charge in [0.1, 0.15) is 0 Å². The number of aryl methyl sites for hydroxylation is 1. The Morgan fingerprint density at radius 1 is 1.12 bits per heavy atom. The summed E-state index contributed by atoms with van der Waals surface area (Å²) in [5.41, 5.74) is 2.34. The molecule has 1 amide bonds. The quantitative estimate of drug-likeness (QED) is 0.618. The number of halogens is 1. The van der Waals surface area contributed by atoms with Crippen molar-refractivity contribution in [3.63, 3.8) is 0 Å². The smallest absolute Gasteiger partial charge is 0.253 e. The van der Waals surface area contributed by atoms with E-state index < -0.39 is 0 Å². The van der Waals surface area contributed by atoms with Crippen molar-refractivity contribution in [2.24, 2.45) is 5.92 Å². The molecule has 166 valence electrons. The molecular weight excluding hydrogens is 428 g/mol. The lowest BCUT2D eigenvalue weighted by Gasteiger charge is -2.31. The summed E-state index contributed by atoms with van der Waals surface area (Å²) >= 11 is 5.94. The maximum Gasteiger partial charge on any atom is 0.253 e. The van der Waals surface area contributed by atoms with Crippen LogP contribution in [0.3, 0.4) is 0 Å². The van der Waals surface area contributed by atoms with Gasteiger partial charge in [0.05, 0.1) is 12.0 Å². The molecule has 1 aliphatic heterocycles. The van der Waals surface area contributed by atoms with Gasteiger partial charge in [-0.2, -0.15) is 0 Å². The molecule has 2 aromatic heterocycles. The molecule has 0 radical (unpaired) electrons. The molecule has 0 saturated carbocycles. The van der Waals surface area contributed by atoms with E-state index >= 15 is 0 Å². The molecule has 4 rings (SSSR count). The predicted octanol–water partition coefficient (Wildman–Crippen LogP) is 2.69. The molecule has 8 nitrogen and oxygen atoms in total. The predicted molar refractivity (Wildman–Crippen MR) is 124 cm³/mol. The third kappa shape index (κ3) is 5.31. The highest BCUT2D eigenvalue weighted by Gasteiger charge is 2.25. The molecule has 9 heteroatoms. The van der Waals surface area contributed by atoms with E-state index in [0.717, 1.165) is 43.0 Å². The van der Waals surface area contributed by atoms with Gasteiger partial charge < -0.3 is 10.2 Å². The lowest BCUT2D eigenvalue weighted by atomic mass is 9.96. The second kappa shape index (κ2) is 9.91. The summed E-state index contributed by atoms with van der Waals surface area (Å²) in [7, 11) is 0. The monoisotopic (exact) mass is 452 g/mol. The van der Waals surface area contributed by atoms with Crippen LogP contribution in [0.4, 0.5) is 5.82 Å². The minimum Gasteiger partial charge on any atom is -0.355 e. The summed E-state index contributed by atoms with van der Waals surface area (Å²) in [5, 5.41) is 12.3. The molecule has 3 aromatic rings. The van der Waals surface area contributed by atoms with Crippen LogP contribution >= 0.6 is 11.6 Å². The van der Waals surface area contributed by atoms with Crippen LogP contribution in [0.25, 0.3) is 11.3 Å². The van der Waals surface area contributed by atoms with Gasteiger partial charge in [-0.1, -0.05) is 23.7 Å². The number of aromatic nitrogens is 4. The van der Waals surface area contributed by atoms with Gasteiger partial charge in [0.2, 0.25) is 5.91 Å². The second-order valence-corrected chi connectivity index (χ2v) is 8.33. The van der Waals surface area contributed by atoms with Crippen LogP contribution in [0.1, 0.15) is 18.5 Å². The Kier molecular flexibility index (Phi) is 6.80. The van der Waals surface area contributed by atoms with E-state index in [0.29, 0.717) is 23.8 Å². The Bertz CT molecular complexity index is 1120. The van der Waals surface area contributed by atoms with E-state index in [4.69, 9.17) is 11.6 Å². The Labute approximate surface area is 191 Å². The molecule has 0 aliphatic carbocycles. The molecule has 1 aliphatic rings. The number of piperidine rings is 1. The fourth-order valence-electron chi connectivity index (χ4n) is 3.77. The summed E-state index contributed by atoms with van der Waals surface area (Å²) in [4.78, 5) is 30.7. The maximum absolute atomic E-state index is 12.5. The zero-order chi connectivity index (χ0) is 22.5. The molecule has 1 saturated heterocycles. The van der Waals surface area contributed by atoms with Gasteiger partial charge in [-0.3, -0.25) is 14.2 Å². The number of hydrogen-bond acceptors (Lipinski definition) is 6. The zero-order valence-electron chi connectivity index (χ0n) is 17.9. The van der Waals surface area contributed by atoms with Gasteiger partial charge in [0, 0.05) is 54.4 Å². The Balaban J connectivity index is 1.25. The average molecular weight is 453 g/mol. The molecule has 0 spiro atoms. The van der Waals surface area contributed by atoms with Gasteiger partial charge in [-0.05, 0) is 44.0 Å². The van der Waals surface area contributed by atoms with Crippen molar-refractivity contribution in [1.82, 2.24) is 25.1 Å². The van der Waals surface area contributed by atoms with Gasteiger partial charge in [-0.15, -0.1) is 10.2 Å². The number of nitrogens with one attached hydrogen (secondary N) is 1. The fourth-order valence-corrected chi connectivity index (χ4v) is 3.89. The SMILES string of the molecule is Cc1cc(=O)n(CCNC(=O)C2CCN(c3ccc(-c4ccc(Cl)cc4)nn3)CC2)cn1. The molecule has 0 atom stereocenters. The number of anilines is 1. The molecule has 0 unspecified atom stereocenters. The molecule has 1 aromatic carbocycles. The van der Waals surface area contributed by atoms with E-state index in [-0.39, 0.29) is 17.4 Å². The molecule has 32 heavy (non-hydrogen) atoms. The number of hydrogen-bond donors (Lipinski definition) is 1. The third-order valence-corrected chi connectivity index (χ3v) is 5.90. The number of rotatable bonds is 6. The van der Waals surface area contributed by atoms with E-state index in [9.17, 15) is 9.59 Å². The van der Waals surface area contributed by atoms with Crippen LogP contribution in [0.5, 0.6) is 0 Å². The highest BCUT2D eigenvalue weighted by atomic mass is 35.5. The first-order valence-electron chi connectivity index (χ1n) is 10.6. The number of benzene rings is 1. The normalized spacial score (nSPS) is 14.4. The standard InChI is InChI=1S/C23H25ClN6O2/c1-16-14-22(31)30(15-26-16)13-10-25-23(32)18-8-11-29(12-9-18)21-7-6-20(27-28-21)17-2-4-19(24)5-3-17/h2-7,14-15,18H,8-13H2,1H3,(H,25,32). The van der Waals surface area contributed by atoms with E-state index in [1.807, 2.05) is 36.4 Å². The van der Waals surface area contributed by atoms with Gasteiger partial charge in [-0.25, -0.2) is 4.98 Å². The first-order valence-corrected chi connectivity index (χ1v) is 11.0. The summed E-state index contributed by atoms with van der Waals surface area (Å²) in [6.45, 7) is 4.08. The van der Waals surface area contributed by atoms with Crippen molar-refractivity contribution in [3.8, 4) is 11.3 Å². The number of amides is 1. The minimum absolute atomic E-state index is 0.0296. The lowest BCUT2D eigenvalue weighted by Crippen LogP contribution is -2.42. The van der Waals surface area contributed by atoms with Crippen molar-refractivity contribution in [2.75, 3.05) is 24.5 Å². The van der Waals surface area contributed by atoms with Gasteiger partial charge in [0.25, 0.3) is 5.56 Å². The minimum atomic E-state index is -0.108. The first-order chi connectivity index (χ1) is 15.5. The summed E-state index contributed by atoms with van der Waals surface area (Å²) < 4.78 is 1.50. The lowest BCUT2D eigenvalue weighted by molar-refractivity contribution is -0.125. The average Bonchev–Trinajstić information content (AvgIpc) is 2.81. The maximum atomic E-state index is 12.5.